The number of unbranched alkanes of at least 4 members (excludes halogenated alkanes) is 12. The highest BCUT2D eigenvalue weighted by Gasteiger charge is 2.21. The summed E-state index contributed by atoms with van der Waals surface area (Å²) in [6.45, 7) is 8.23. The third-order valence-electron chi connectivity index (χ3n) is 5.03. The summed E-state index contributed by atoms with van der Waals surface area (Å²) >= 11 is 0. The number of ether oxygens (including phenoxy) is 2. The minimum atomic E-state index is -0.0368. The first-order valence-electron chi connectivity index (χ1n) is 12.0. The summed E-state index contributed by atoms with van der Waals surface area (Å²) in [6.07, 6.45) is 21.6. The van der Waals surface area contributed by atoms with E-state index in [1.54, 1.807) is 0 Å². The number of esters is 1. The van der Waals surface area contributed by atoms with Gasteiger partial charge < -0.3 is 9.47 Å². The van der Waals surface area contributed by atoms with E-state index in [0.29, 0.717) is 19.1 Å². The van der Waals surface area contributed by atoms with Crippen molar-refractivity contribution in [2.45, 2.75) is 136 Å². The zero-order chi connectivity index (χ0) is 20.0. The Morgan fingerprint density at radius 2 is 1.19 bits per heavy atom. The first kappa shape index (κ1) is 26.4. The Kier molecular flexibility index (Phi) is 21.3. The molecule has 1 unspecified atom stereocenters. The van der Waals surface area contributed by atoms with E-state index in [1.165, 1.54) is 83.5 Å². The van der Waals surface area contributed by atoms with Gasteiger partial charge in [-0.25, -0.2) is 0 Å². The first-order chi connectivity index (χ1) is 13.2. The lowest BCUT2D eigenvalue weighted by Crippen LogP contribution is -2.06. The lowest BCUT2D eigenvalue weighted by Gasteiger charge is -2.05. The zero-order valence-electron chi connectivity index (χ0n) is 18.7. The summed E-state index contributed by atoms with van der Waals surface area (Å²) in [5.74, 6) is -0.0368. The fraction of sp³-hybridized carbons (Fsp3) is 0.958. The predicted octanol–water partition coefficient (Wildman–Crippen LogP) is 7.61. The smallest absolute Gasteiger partial charge is 0.305 e. The zero-order valence-corrected chi connectivity index (χ0v) is 18.7. The molecule has 0 bridgehead atoms. The molecule has 0 amide bonds. The van der Waals surface area contributed by atoms with Crippen molar-refractivity contribution < 1.29 is 14.3 Å². The third kappa shape index (κ3) is 23.4. The molecule has 1 heterocycles. The Morgan fingerprint density at radius 3 is 1.67 bits per heavy atom. The summed E-state index contributed by atoms with van der Waals surface area (Å²) in [5.41, 5.74) is 0. The normalized spacial score (nSPS) is 15.1. The molecule has 1 fully saturated rings. The van der Waals surface area contributed by atoms with Crippen LogP contribution in [0.1, 0.15) is 130 Å². The molecule has 0 spiro atoms. The average Bonchev–Trinajstić information content (AvgIpc) is 3.49. The van der Waals surface area contributed by atoms with Crippen molar-refractivity contribution in [2.75, 3.05) is 13.2 Å². The summed E-state index contributed by atoms with van der Waals surface area (Å²) in [4.78, 5) is 11.4. The van der Waals surface area contributed by atoms with Crippen LogP contribution in [0.5, 0.6) is 0 Å². The van der Waals surface area contributed by atoms with Crippen molar-refractivity contribution in [1.29, 1.82) is 0 Å². The van der Waals surface area contributed by atoms with Crippen LogP contribution in [0, 0.1) is 0 Å². The molecule has 1 aliphatic heterocycles. The quantitative estimate of drug-likeness (QED) is 0.139. The molecular formula is C24H48O3. The second-order valence-electron chi connectivity index (χ2n) is 7.96. The summed E-state index contributed by atoms with van der Waals surface area (Å²) < 4.78 is 10.3. The maximum atomic E-state index is 11.4. The van der Waals surface area contributed by atoms with E-state index in [1.807, 2.05) is 0 Å². The molecule has 0 N–H and O–H groups in total. The van der Waals surface area contributed by atoms with E-state index in [2.05, 4.69) is 20.8 Å². The predicted molar refractivity (Wildman–Crippen MR) is 116 cm³/mol. The minimum absolute atomic E-state index is 0.0368. The third-order valence-corrected chi connectivity index (χ3v) is 5.03. The van der Waals surface area contributed by atoms with Gasteiger partial charge in [-0.3, -0.25) is 4.79 Å². The molecule has 3 nitrogen and oxygen atoms in total. The maximum Gasteiger partial charge on any atom is 0.305 e. The Hall–Kier alpha value is -0.570. The molecule has 0 radical (unpaired) electrons. The van der Waals surface area contributed by atoms with Crippen molar-refractivity contribution in [3.63, 3.8) is 0 Å². The number of epoxide rings is 1. The van der Waals surface area contributed by atoms with Gasteiger partial charge in [0.1, 0.15) is 0 Å². The van der Waals surface area contributed by atoms with E-state index >= 15 is 0 Å². The molecule has 1 aliphatic rings. The molecule has 27 heavy (non-hydrogen) atoms. The molecule has 0 saturated carbocycles. The first-order valence-corrected chi connectivity index (χ1v) is 12.0. The van der Waals surface area contributed by atoms with Gasteiger partial charge in [0.25, 0.3) is 0 Å². The van der Waals surface area contributed by atoms with Crippen LogP contribution in [0.4, 0.5) is 0 Å². The lowest BCUT2D eigenvalue weighted by atomic mass is 10.1. The number of carbonyl (C=O) groups is 1. The standard InChI is InChI=1S/C17H32O3.C7H16/c1-2-3-4-5-6-7-8-9-10-14-19-17(18)13-11-12-16-15-20-16;1-3-5-7-6-4-2/h16H,2-15H2,1H3;3-7H2,1-2H3. The molecule has 1 saturated heterocycles. The van der Waals surface area contributed by atoms with Gasteiger partial charge in [-0.05, 0) is 19.3 Å². The number of carbonyl (C=O) groups excluding carboxylic acids is 1. The minimum Gasteiger partial charge on any atom is -0.466 e. The van der Waals surface area contributed by atoms with E-state index < -0.39 is 0 Å². The molecule has 0 aliphatic carbocycles. The van der Waals surface area contributed by atoms with Crippen molar-refractivity contribution in [3.05, 3.63) is 0 Å². The highest BCUT2D eigenvalue weighted by atomic mass is 16.6. The van der Waals surface area contributed by atoms with Crippen molar-refractivity contribution in [2.24, 2.45) is 0 Å². The molecule has 0 aromatic heterocycles. The van der Waals surface area contributed by atoms with E-state index in [-0.39, 0.29) is 5.97 Å². The Balaban J connectivity index is 0.000000821. The van der Waals surface area contributed by atoms with E-state index in [4.69, 9.17) is 9.47 Å². The summed E-state index contributed by atoms with van der Waals surface area (Å²) in [6, 6.07) is 0. The van der Waals surface area contributed by atoms with Crippen LogP contribution in [0.3, 0.4) is 0 Å². The molecule has 0 aromatic carbocycles. The molecule has 162 valence electrons. The van der Waals surface area contributed by atoms with Gasteiger partial charge in [-0.15, -0.1) is 0 Å². The van der Waals surface area contributed by atoms with Gasteiger partial charge in [0.2, 0.25) is 0 Å². The van der Waals surface area contributed by atoms with Gasteiger partial charge in [0.15, 0.2) is 0 Å². The highest BCUT2D eigenvalue weighted by molar-refractivity contribution is 5.69. The number of rotatable bonds is 18. The molecule has 3 heteroatoms. The van der Waals surface area contributed by atoms with Crippen molar-refractivity contribution in [3.8, 4) is 0 Å². The Bertz CT molecular complexity index is 296. The SMILES string of the molecule is CCCCCCC.CCCCCCCCCCCOC(=O)CCCC1CO1. The van der Waals surface area contributed by atoms with Crippen LogP contribution >= 0.6 is 0 Å². The van der Waals surface area contributed by atoms with Crippen LogP contribution < -0.4 is 0 Å². The van der Waals surface area contributed by atoms with Gasteiger partial charge in [-0.2, -0.15) is 0 Å². The summed E-state index contributed by atoms with van der Waals surface area (Å²) in [7, 11) is 0. The van der Waals surface area contributed by atoms with Crippen LogP contribution in [0.2, 0.25) is 0 Å². The fourth-order valence-electron chi connectivity index (χ4n) is 3.06. The Morgan fingerprint density at radius 1 is 0.741 bits per heavy atom. The van der Waals surface area contributed by atoms with Gasteiger partial charge in [-0.1, -0.05) is 104 Å². The molecular weight excluding hydrogens is 336 g/mol. The van der Waals surface area contributed by atoms with Crippen LogP contribution in [0.25, 0.3) is 0 Å². The molecule has 1 rings (SSSR count). The Labute approximate surface area is 170 Å². The topological polar surface area (TPSA) is 38.8 Å². The molecule has 1 atom stereocenters. The highest BCUT2D eigenvalue weighted by Crippen LogP contribution is 2.16. The van der Waals surface area contributed by atoms with Gasteiger partial charge in [0.05, 0.1) is 19.3 Å². The summed E-state index contributed by atoms with van der Waals surface area (Å²) in [5, 5.41) is 0. The largest absolute Gasteiger partial charge is 0.466 e. The average molecular weight is 385 g/mol. The van der Waals surface area contributed by atoms with Gasteiger partial charge in [0, 0.05) is 6.42 Å². The maximum absolute atomic E-state index is 11.4. The van der Waals surface area contributed by atoms with Crippen LogP contribution in [-0.4, -0.2) is 25.3 Å². The number of hydrogen-bond acceptors (Lipinski definition) is 3. The number of hydrogen-bond donors (Lipinski definition) is 0. The van der Waals surface area contributed by atoms with Crippen LogP contribution in [0.15, 0.2) is 0 Å². The second-order valence-corrected chi connectivity index (χ2v) is 7.96. The van der Waals surface area contributed by atoms with Crippen molar-refractivity contribution >= 4 is 5.97 Å². The van der Waals surface area contributed by atoms with E-state index in [9.17, 15) is 4.79 Å². The lowest BCUT2D eigenvalue weighted by molar-refractivity contribution is -0.143. The second kappa shape index (κ2) is 21.7. The van der Waals surface area contributed by atoms with E-state index in [0.717, 1.165) is 25.9 Å². The van der Waals surface area contributed by atoms with Gasteiger partial charge >= 0.3 is 5.97 Å². The van der Waals surface area contributed by atoms with Crippen LogP contribution in [-0.2, 0) is 14.3 Å². The van der Waals surface area contributed by atoms with Crippen molar-refractivity contribution in [1.82, 2.24) is 0 Å². The molecule has 0 aromatic rings. The fourth-order valence-corrected chi connectivity index (χ4v) is 3.06. The monoisotopic (exact) mass is 384 g/mol.